The van der Waals surface area contributed by atoms with Crippen LogP contribution in [0.4, 0.5) is 20.6 Å². The minimum atomic E-state index is -0.523. The molecule has 2 amide bonds. The van der Waals surface area contributed by atoms with E-state index in [0.717, 1.165) is 13.1 Å². The van der Waals surface area contributed by atoms with Gasteiger partial charge in [-0.2, -0.15) is 0 Å². The van der Waals surface area contributed by atoms with Crippen LogP contribution in [0.3, 0.4) is 0 Å². The van der Waals surface area contributed by atoms with Gasteiger partial charge in [-0.3, -0.25) is 9.69 Å². The second-order valence-electron chi connectivity index (χ2n) is 6.20. The van der Waals surface area contributed by atoms with Crippen LogP contribution in [-0.4, -0.2) is 44.3 Å². The summed E-state index contributed by atoms with van der Waals surface area (Å²) in [5.41, 5.74) is 1.03. The molecule has 0 unspecified atom stereocenters. The Balaban J connectivity index is 1.68. The summed E-state index contributed by atoms with van der Waals surface area (Å²) < 4.78 is 19.5. The van der Waals surface area contributed by atoms with Crippen LogP contribution in [0, 0.1) is 11.7 Å². The van der Waals surface area contributed by atoms with Gasteiger partial charge in [-0.05, 0) is 24.1 Å². The second-order valence-corrected chi connectivity index (χ2v) is 6.20. The molecule has 0 bridgehead atoms. The van der Waals surface area contributed by atoms with E-state index in [1.807, 2.05) is 4.90 Å². The molecule has 6 nitrogen and oxygen atoms in total. The standard InChI is InChI=1S/C16H20FN3O3/c1-10-7-19(8-10)15-4-3-12(5-14(15)17)20-9-13(23-16(20)22)6-18-11(2)21/h3-5,10,13H,6-9H2,1-2H3,(H,18,21)/t13-/m0/s1. The number of nitrogens with zero attached hydrogens (tertiary/aromatic N) is 2. The van der Waals surface area contributed by atoms with E-state index in [-0.39, 0.29) is 18.3 Å². The van der Waals surface area contributed by atoms with Crippen LogP contribution in [0.25, 0.3) is 0 Å². The topological polar surface area (TPSA) is 61.9 Å². The first-order chi connectivity index (χ1) is 10.9. The predicted molar refractivity (Wildman–Crippen MR) is 84.1 cm³/mol. The smallest absolute Gasteiger partial charge is 0.414 e. The molecule has 7 heteroatoms. The third kappa shape index (κ3) is 3.23. The zero-order chi connectivity index (χ0) is 16.6. The maximum absolute atomic E-state index is 14.3. The van der Waals surface area contributed by atoms with Crippen molar-refractivity contribution in [2.24, 2.45) is 5.92 Å². The van der Waals surface area contributed by atoms with E-state index in [4.69, 9.17) is 4.74 Å². The lowest BCUT2D eigenvalue weighted by Crippen LogP contribution is -2.45. The Morgan fingerprint density at radius 2 is 2.13 bits per heavy atom. The van der Waals surface area contributed by atoms with Crippen molar-refractivity contribution in [1.82, 2.24) is 5.32 Å². The molecule has 23 heavy (non-hydrogen) atoms. The van der Waals surface area contributed by atoms with Gasteiger partial charge in [0.15, 0.2) is 0 Å². The molecule has 2 aliphatic heterocycles. The summed E-state index contributed by atoms with van der Waals surface area (Å²) in [4.78, 5) is 26.2. The summed E-state index contributed by atoms with van der Waals surface area (Å²) in [5, 5.41) is 2.61. The quantitative estimate of drug-likeness (QED) is 0.918. The van der Waals surface area contributed by atoms with E-state index >= 15 is 0 Å². The number of hydrogen-bond donors (Lipinski definition) is 1. The maximum atomic E-state index is 14.3. The number of rotatable bonds is 4. The van der Waals surface area contributed by atoms with Gasteiger partial charge in [0.2, 0.25) is 5.91 Å². The zero-order valence-corrected chi connectivity index (χ0v) is 13.2. The van der Waals surface area contributed by atoms with Crippen molar-refractivity contribution in [2.75, 3.05) is 36.0 Å². The first-order valence-electron chi connectivity index (χ1n) is 7.71. The molecule has 3 rings (SSSR count). The summed E-state index contributed by atoms with van der Waals surface area (Å²) in [6.07, 6.45) is -0.949. The minimum absolute atomic E-state index is 0.182. The highest BCUT2D eigenvalue weighted by Gasteiger charge is 2.33. The molecule has 1 atom stereocenters. The maximum Gasteiger partial charge on any atom is 0.414 e. The molecule has 1 N–H and O–H groups in total. The van der Waals surface area contributed by atoms with Crippen molar-refractivity contribution in [1.29, 1.82) is 0 Å². The normalized spacial score (nSPS) is 21.2. The van der Waals surface area contributed by atoms with E-state index in [1.165, 1.54) is 17.9 Å². The van der Waals surface area contributed by atoms with Gasteiger partial charge in [0.25, 0.3) is 0 Å². The van der Waals surface area contributed by atoms with Crippen LogP contribution in [0.15, 0.2) is 18.2 Å². The first kappa shape index (κ1) is 15.6. The van der Waals surface area contributed by atoms with Gasteiger partial charge in [0.1, 0.15) is 11.9 Å². The summed E-state index contributed by atoms with van der Waals surface area (Å²) in [6, 6.07) is 4.79. The Kier molecular flexibility index (Phi) is 4.11. The average molecular weight is 321 g/mol. The van der Waals surface area contributed by atoms with Crippen molar-refractivity contribution < 1.29 is 18.7 Å². The Labute approximate surface area is 134 Å². The molecule has 0 spiro atoms. The van der Waals surface area contributed by atoms with Crippen molar-refractivity contribution in [3.05, 3.63) is 24.0 Å². The van der Waals surface area contributed by atoms with E-state index in [1.54, 1.807) is 12.1 Å². The highest BCUT2D eigenvalue weighted by molar-refractivity contribution is 5.90. The number of benzene rings is 1. The third-order valence-corrected chi connectivity index (χ3v) is 4.10. The van der Waals surface area contributed by atoms with Gasteiger partial charge in [-0.15, -0.1) is 0 Å². The Hall–Kier alpha value is -2.31. The molecule has 0 radical (unpaired) electrons. The molecule has 1 aromatic carbocycles. The Morgan fingerprint density at radius 3 is 2.74 bits per heavy atom. The van der Waals surface area contributed by atoms with Gasteiger partial charge in [0, 0.05) is 20.0 Å². The largest absolute Gasteiger partial charge is 0.442 e. The molecule has 0 saturated carbocycles. The third-order valence-electron chi connectivity index (χ3n) is 4.10. The lowest BCUT2D eigenvalue weighted by molar-refractivity contribution is -0.119. The fraction of sp³-hybridized carbons (Fsp3) is 0.500. The Bertz CT molecular complexity index is 631. The van der Waals surface area contributed by atoms with Crippen LogP contribution in [0.5, 0.6) is 0 Å². The fourth-order valence-electron chi connectivity index (χ4n) is 2.91. The molecule has 2 heterocycles. The molecule has 0 aliphatic carbocycles. The molecule has 2 fully saturated rings. The molecule has 0 aromatic heterocycles. The summed E-state index contributed by atoms with van der Waals surface area (Å²) in [7, 11) is 0. The number of ether oxygens (including phenoxy) is 1. The van der Waals surface area contributed by atoms with Gasteiger partial charge in [0.05, 0.1) is 24.5 Å². The fourth-order valence-corrected chi connectivity index (χ4v) is 2.91. The van der Waals surface area contributed by atoms with Gasteiger partial charge in [-0.25, -0.2) is 9.18 Å². The number of amides is 2. The van der Waals surface area contributed by atoms with Gasteiger partial charge in [-0.1, -0.05) is 6.92 Å². The SMILES string of the molecule is CC(=O)NC[C@H]1CN(c2ccc(N3CC(C)C3)c(F)c2)C(=O)O1. The Morgan fingerprint density at radius 1 is 1.39 bits per heavy atom. The number of carbonyl (C=O) groups excluding carboxylic acids is 2. The van der Waals surface area contributed by atoms with Crippen molar-refractivity contribution in [2.45, 2.75) is 20.0 Å². The summed E-state index contributed by atoms with van der Waals surface area (Å²) in [6.45, 7) is 5.77. The summed E-state index contributed by atoms with van der Waals surface area (Å²) in [5.74, 6) is 0.0587. The van der Waals surface area contributed by atoms with Crippen molar-refractivity contribution >= 4 is 23.4 Å². The molecule has 124 valence electrons. The predicted octanol–water partition coefficient (Wildman–Crippen LogP) is 1.74. The number of cyclic esters (lactones) is 1. The van der Waals surface area contributed by atoms with Crippen LogP contribution in [-0.2, 0) is 9.53 Å². The van der Waals surface area contributed by atoms with Crippen LogP contribution >= 0.6 is 0 Å². The van der Waals surface area contributed by atoms with Crippen LogP contribution < -0.4 is 15.1 Å². The van der Waals surface area contributed by atoms with E-state index in [9.17, 15) is 14.0 Å². The molecule has 1 aromatic rings. The van der Waals surface area contributed by atoms with E-state index < -0.39 is 12.2 Å². The minimum Gasteiger partial charge on any atom is -0.442 e. The zero-order valence-electron chi connectivity index (χ0n) is 13.2. The van der Waals surface area contributed by atoms with Crippen molar-refractivity contribution in [3.8, 4) is 0 Å². The highest BCUT2D eigenvalue weighted by Crippen LogP contribution is 2.31. The number of carbonyl (C=O) groups is 2. The number of nitrogens with one attached hydrogen (secondary N) is 1. The summed E-state index contributed by atoms with van der Waals surface area (Å²) >= 11 is 0. The molecular weight excluding hydrogens is 301 g/mol. The number of hydrogen-bond acceptors (Lipinski definition) is 4. The van der Waals surface area contributed by atoms with Crippen molar-refractivity contribution in [3.63, 3.8) is 0 Å². The van der Waals surface area contributed by atoms with Gasteiger partial charge >= 0.3 is 6.09 Å². The van der Waals surface area contributed by atoms with E-state index in [0.29, 0.717) is 23.8 Å². The lowest BCUT2D eigenvalue weighted by Gasteiger charge is -2.39. The second kappa shape index (κ2) is 6.06. The average Bonchev–Trinajstić information content (AvgIpc) is 2.83. The molecule has 2 saturated heterocycles. The van der Waals surface area contributed by atoms with Crippen LogP contribution in [0.1, 0.15) is 13.8 Å². The number of anilines is 2. The first-order valence-corrected chi connectivity index (χ1v) is 7.71. The molecular formula is C16H20FN3O3. The monoisotopic (exact) mass is 321 g/mol. The lowest BCUT2D eigenvalue weighted by atomic mass is 10.0. The van der Waals surface area contributed by atoms with Crippen LogP contribution in [0.2, 0.25) is 0 Å². The molecule has 2 aliphatic rings. The number of halogens is 1. The van der Waals surface area contributed by atoms with Gasteiger partial charge < -0.3 is 15.0 Å². The highest BCUT2D eigenvalue weighted by atomic mass is 19.1. The van der Waals surface area contributed by atoms with E-state index in [2.05, 4.69) is 12.2 Å².